The first-order valence-electron chi connectivity index (χ1n) is 8.22. The number of hydrogen-bond donors (Lipinski definition) is 1. The van der Waals surface area contributed by atoms with Crippen LogP contribution in [0.1, 0.15) is 38.5 Å². The quantitative estimate of drug-likeness (QED) is 0.901. The van der Waals surface area contributed by atoms with Crippen LogP contribution in [0.2, 0.25) is 0 Å². The number of piperazine rings is 1. The van der Waals surface area contributed by atoms with Gasteiger partial charge < -0.3 is 19.6 Å². The molecule has 21 heavy (non-hydrogen) atoms. The van der Waals surface area contributed by atoms with Crippen molar-refractivity contribution in [3.05, 3.63) is 5.89 Å². The van der Waals surface area contributed by atoms with Crippen LogP contribution in [0.15, 0.2) is 4.52 Å². The van der Waals surface area contributed by atoms with Gasteiger partial charge in [-0.1, -0.05) is 13.3 Å². The lowest BCUT2D eigenvalue weighted by Crippen LogP contribution is -2.45. The average molecular weight is 293 g/mol. The third-order valence-electron chi connectivity index (χ3n) is 4.94. The first kappa shape index (κ1) is 14.8. The standard InChI is InChI=1S/C15H27N5O/c1-3-4-15(5-7-16-8-6-15)13-17-14(18-21-13)20-11-9-19(2)10-12-20/h16H,3-12H2,1-2H3. The molecule has 3 rings (SSSR count). The van der Waals surface area contributed by atoms with Crippen LogP contribution in [0.3, 0.4) is 0 Å². The molecule has 0 atom stereocenters. The fourth-order valence-electron chi connectivity index (χ4n) is 3.52. The number of rotatable bonds is 4. The summed E-state index contributed by atoms with van der Waals surface area (Å²) in [4.78, 5) is 9.36. The van der Waals surface area contributed by atoms with E-state index in [0.717, 1.165) is 76.8 Å². The Balaban J connectivity index is 1.76. The summed E-state index contributed by atoms with van der Waals surface area (Å²) in [5.74, 6) is 1.65. The molecule has 3 heterocycles. The second-order valence-electron chi connectivity index (χ2n) is 6.47. The molecule has 1 aromatic heterocycles. The molecule has 0 unspecified atom stereocenters. The minimum Gasteiger partial charge on any atom is -0.337 e. The van der Waals surface area contributed by atoms with Crippen LogP contribution >= 0.6 is 0 Å². The predicted octanol–water partition coefficient (Wildman–Crippen LogP) is 1.24. The van der Waals surface area contributed by atoms with Crippen molar-refractivity contribution in [3.63, 3.8) is 0 Å². The minimum absolute atomic E-state index is 0.0951. The fourth-order valence-corrected chi connectivity index (χ4v) is 3.52. The maximum absolute atomic E-state index is 5.70. The summed E-state index contributed by atoms with van der Waals surface area (Å²) >= 11 is 0. The SMILES string of the molecule is CCCC1(c2nc(N3CCN(C)CC3)no2)CCNCC1. The summed E-state index contributed by atoms with van der Waals surface area (Å²) in [6.45, 7) is 8.43. The second-order valence-corrected chi connectivity index (χ2v) is 6.47. The van der Waals surface area contributed by atoms with Gasteiger partial charge in [-0.05, 0) is 44.6 Å². The zero-order valence-electron chi connectivity index (χ0n) is 13.3. The Bertz CT molecular complexity index is 441. The van der Waals surface area contributed by atoms with Gasteiger partial charge in [-0.25, -0.2) is 0 Å². The highest BCUT2D eigenvalue weighted by molar-refractivity contribution is 5.30. The summed E-state index contributed by atoms with van der Waals surface area (Å²) in [7, 11) is 2.16. The van der Waals surface area contributed by atoms with Crippen LogP contribution in [0.25, 0.3) is 0 Å². The van der Waals surface area contributed by atoms with Gasteiger partial charge in [0.15, 0.2) is 0 Å². The molecule has 118 valence electrons. The molecule has 0 saturated carbocycles. The van der Waals surface area contributed by atoms with Crippen LogP contribution in [0, 0.1) is 0 Å². The molecule has 0 aromatic carbocycles. The number of likely N-dealkylation sites (N-methyl/N-ethyl adjacent to an activating group) is 1. The van der Waals surface area contributed by atoms with Crippen LogP contribution < -0.4 is 10.2 Å². The molecule has 0 amide bonds. The lowest BCUT2D eigenvalue weighted by atomic mass is 9.75. The van der Waals surface area contributed by atoms with Gasteiger partial charge in [0.05, 0.1) is 5.41 Å². The summed E-state index contributed by atoms with van der Waals surface area (Å²) < 4.78 is 5.70. The van der Waals surface area contributed by atoms with Gasteiger partial charge in [0.25, 0.3) is 5.95 Å². The third kappa shape index (κ3) is 3.06. The maximum atomic E-state index is 5.70. The van der Waals surface area contributed by atoms with Crippen molar-refractivity contribution in [2.45, 2.75) is 38.0 Å². The highest BCUT2D eigenvalue weighted by atomic mass is 16.5. The molecule has 0 radical (unpaired) electrons. The van der Waals surface area contributed by atoms with Crippen molar-refractivity contribution >= 4 is 5.95 Å². The zero-order chi connectivity index (χ0) is 14.7. The Hall–Kier alpha value is -1.14. The first-order valence-corrected chi connectivity index (χ1v) is 8.22. The molecular weight excluding hydrogens is 266 g/mol. The number of piperidine rings is 1. The van der Waals surface area contributed by atoms with Crippen molar-refractivity contribution in [3.8, 4) is 0 Å². The zero-order valence-corrected chi connectivity index (χ0v) is 13.3. The Labute approximate surface area is 126 Å². The highest BCUT2D eigenvalue weighted by Gasteiger charge is 2.38. The van der Waals surface area contributed by atoms with E-state index in [-0.39, 0.29) is 5.41 Å². The summed E-state index contributed by atoms with van der Waals surface area (Å²) in [5, 5.41) is 7.71. The topological polar surface area (TPSA) is 57.4 Å². The van der Waals surface area contributed by atoms with E-state index in [1.54, 1.807) is 0 Å². The van der Waals surface area contributed by atoms with Crippen LogP contribution in [-0.2, 0) is 5.41 Å². The molecule has 1 aromatic rings. The van der Waals surface area contributed by atoms with Crippen molar-refractivity contribution in [1.82, 2.24) is 20.4 Å². The van der Waals surface area contributed by atoms with Gasteiger partial charge in [0, 0.05) is 26.2 Å². The molecule has 0 aliphatic carbocycles. The smallest absolute Gasteiger partial charge is 0.266 e. The Morgan fingerprint density at radius 3 is 2.57 bits per heavy atom. The van der Waals surface area contributed by atoms with Crippen LogP contribution in [-0.4, -0.2) is 61.4 Å². The van der Waals surface area contributed by atoms with E-state index in [1.807, 2.05) is 0 Å². The Kier molecular flexibility index (Phi) is 4.45. The Morgan fingerprint density at radius 1 is 1.19 bits per heavy atom. The molecule has 1 N–H and O–H groups in total. The van der Waals surface area contributed by atoms with Crippen molar-refractivity contribution in [2.75, 3.05) is 51.2 Å². The van der Waals surface area contributed by atoms with E-state index < -0.39 is 0 Å². The van der Waals surface area contributed by atoms with Gasteiger partial charge in [0.1, 0.15) is 0 Å². The van der Waals surface area contributed by atoms with E-state index in [2.05, 4.69) is 34.2 Å². The van der Waals surface area contributed by atoms with E-state index in [0.29, 0.717) is 0 Å². The minimum atomic E-state index is 0.0951. The van der Waals surface area contributed by atoms with Gasteiger partial charge in [-0.15, -0.1) is 0 Å². The lowest BCUT2D eigenvalue weighted by Gasteiger charge is -2.34. The lowest BCUT2D eigenvalue weighted by molar-refractivity contribution is 0.208. The van der Waals surface area contributed by atoms with E-state index >= 15 is 0 Å². The molecular formula is C15H27N5O. The Morgan fingerprint density at radius 2 is 1.90 bits per heavy atom. The van der Waals surface area contributed by atoms with Crippen LogP contribution in [0.4, 0.5) is 5.95 Å². The molecule has 6 nitrogen and oxygen atoms in total. The number of nitrogens with one attached hydrogen (secondary N) is 1. The van der Waals surface area contributed by atoms with E-state index in [1.165, 1.54) is 0 Å². The van der Waals surface area contributed by atoms with Crippen molar-refractivity contribution in [2.24, 2.45) is 0 Å². The number of aromatic nitrogens is 2. The van der Waals surface area contributed by atoms with Crippen molar-refractivity contribution < 1.29 is 4.52 Å². The molecule has 2 aliphatic heterocycles. The third-order valence-corrected chi connectivity index (χ3v) is 4.94. The maximum Gasteiger partial charge on any atom is 0.266 e. The highest BCUT2D eigenvalue weighted by Crippen LogP contribution is 2.37. The van der Waals surface area contributed by atoms with E-state index in [9.17, 15) is 0 Å². The monoisotopic (exact) mass is 293 g/mol. The van der Waals surface area contributed by atoms with Crippen molar-refractivity contribution in [1.29, 1.82) is 0 Å². The second kappa shape index (κ2) is 6.32. The molecule has 0 bridgehead atoms. The summed E-state index contributed by atoms with van der Waals surface area (Å²) in [6.07, 6.45) is 4.50. The number of nitrogens with zero attached hydrogens (tertiary/aromatic N) is 4. The van der Waals surface area contributed by atoms with E-state index in [4.69, 9.17) is 9.51 Å². The molecule has 6 heteroatoms. The number of anilines is 1. The van der Waals surface area contributed by atoms with Gasteiger partial charge in [-0.2, -0.15) is 4.98 Å². The average Bonchev–Trinajstić information content (AvgIpc) is 3.00. The largest absolute Gasteiger partial charge is 0.337 e. The summed E-state index contributed by atoms with van der Waals surface area (Å²) in [5.41, 5.74) is 0.0951. The number of hydrogen-bond acceptors (Lipinski definition) is 6. The van der Waals surface area contributed by atoms with Gasteiger partial charge in [0.2, 0.25) is 5.89 Å². The first-order chi connectivity index (χ1) is 10.2. The molecule has 2 fully saturated rings. The summed E-state index contributed by atoms with van der Waals surface area (Å²) in [6, 6.07) is 0. The van der Waals surface area contributed by atoms with Gasteiger partial charge in [-0.3, -0.25) is 0 Å². The predicted molar refractivity (Wildman–Crippen MR) is 82.7 cm³/mol. The van der Waals surface area contributed by atoms with Crippen LogP contribution in [0.5, 0.6) is 0 Å². The molecule has 0 spiro atoms. The van der Waals surface area contributed by atoms with Gasteiger partial charge >= 0.3 is 0 Å². The molecule has 2 saturated heterocycles. The molecule has 2 aliphatic rings. The fraction of sp³-hybridized carbons (Fsp3) is 0.867. The normalized spacial score (nSPS) is 23.4.